The number of pyridine rings is 1. The van der Waals surface area contributed by atoms with Crippen molar-refractivity contribution in [2.75, 3.05) is 6.73 Å². The number of aromatic nitrogens is 1. The first-order valence-electron chi connectivity index (χ1n) is 4.08. The molecule has 3 nitrogen and oxygen atoms in total. The van der Waals surface area contributed by atoms with Gasteiger partial charge in [-0.25, -0.2) is 0 Å². The molecule has 0 aliphatic carbocycles. The highest BCUT2D eigenvalue weighted by Gasteiger charge is 1.99. The zero-order valence-electron chi connectivity index (χ0n) is 7.10. The SMILES string of the molecule is NCOc1ccnc2ccccc12. The molecule has 1 heterocycles. The molecule has 0 fully saturated rings. The van der Waals surface area contributed by atoms with Gasteiger partial charge in [-0.1, -0.05) is 12.1 Å². The first-order chi connectivity index (χ1) is 6.42. The Morgan fingerprint density at radius 2 is 2.08 bits per heavy atom. The quantitative estimate of drug-likeness (QED) is 0.702. The molecule has 0 aliphatic rings. The van der Waals surface area contributed by atoms with E-state index in [1.165, 1.54) is 0 Å². The van der Waals surface area contributed by atoms with Crippen LogP contribution in [0.15, 0.2) is 36.5 Å². The molecule has 2 N–H and O–H groups in total. The number of rotatable bonds is 2. The molecule has 0 amide bonds. The van der Waals surface area contributed by atoms with E-state index in [9.17, 15) is 0 Å². The van der Waals surface area contributed by atoms with Crippen molar-refractivity contribution in [2.24, 2.45) is 5.73 Å². The first-order valence-corrected chi connectivity index (χ1v) is 4.08. The van der Waals surface area contributed by atoms with Gasteiger partial charge in [0.15, 0.2) is 0 Å². The first kappa shape index (κ1) is 8.01. The Morgan fingerprint density at radius 3 is 2.92 bits per heavy atom. The summed E-state index contributed by atoms with van der Waals surface area (Å²) in [5, 5.41) is 0.996. The maximum Gasteiger partial charge on any atom is 0.137 e. The molecule has 1 aromatic heterocycles. The van der Waals surface area contributed by atoms with E-state index in [0.717, 1.165) is 16.7 Å². The molecular weight excluding hydrogens is 164 g/mol. The lowest BCUT2D eigenvalue weighted by Crippen LogP contribution is -2.07. The van der Waals surface area contributed by atoms with E-state index in [4.69, 9.17) is 10.5 Å². The van der Waals surface area contributed by atoms with Crippen LogP contribution in [-0.2, 0) is 0 Å². The molecule has 2 aromatic rings. The number of hydrogen-bond acceptors (Lipinski definition) is 3. The summed E-state index contributed by atoms with van der Waals surface area (Å²) in [6.07, 6.45) is 1.72. The minimum atomic E-state index is 0.188. The highest BCUT2D eigenvalue weighted by Crippen LogP contribution is 2.22. The standard InChI is InChI=1S/C10H10N2O/c11-7-13-10-5-6-12-9-4-2-1-3-8(9)10/h1-6H,7,11H2. The number of benzene rings is 1. The van der Waals surface area contributed by atoms with Gasteiger partial charge in [-0.3, -0.25) is 10.7 Å². The van der Waals surface area contributed by atoms with E-state index >= 15 is 0 Å². The van der Waals surface area contributed by atoms with Gasteiger partial charge in [0.25, 0.3) is 0 Å². The van der Waals surface area contributed by atoms with Crippen LogP contribution in [-0.4, -0.2) is 11.7 Å². The second-order valence-corrected chi connectivity index (χ2v) is 2.64. The minimum Gasteiger partial charge on any atom is -0.478 e. The highest BCUT2D eigenvalue weighted by atomic mass is 16.5. The van der Waals surface area contributed by atoms with Crippen LogP contribution in [0.4, 0.5) is 0 Å². The molecule has 1 aromatic carbocycles. The van der Waals surface area contributed by atoms with Gasteiger partial charge >= 0.3 is 0 Å². The Balaban J connectivity index is 2.61. The molecule has 2 rings (SSSR count). The van der Waals surface area contributed by atoms with Gasteiger partial charge in [-0.2, -0.15) is 0 Å². The lowest BCUT2D eigenvalue weighted by molar-refractivity contribution is 0.333. The van der Waals surface area contributed by atoms with E-state index in [2.05, 4.69) is 4.98 Å². The van der Waals surface area contributed by atoms with Crippen LogP contribution in [0.5, 0.6) is 5.75 Å². The normalized spacial score (nSPS) is 10.2. The van der Waals surface area contributed by atoms with Crippen molar-refractivity contribution in [3.05, 3.63) is 36.5 Å². The number of ether oxygens (including phenoxy) is 1. The summed E-state index contributed by atoms with van der Waals surface area (Å²) in [4.78, 5) is 4.20. The van der Waals surface area contributed by atoms with Gasteiger partial charge in [0, 0.05) is 11.6 Å². The molecule has 66 valence electrons. The lowest BCUT2D eigenvalue weighted by atomic mass is 10.2. The third kappa shape index (κ3) is 1.46. The smallest absolute Gasteiger partial charge is 0.137 e. The summed E-state index contributed by atoms with van der Waals surface area (Å²) in [6.45, 7) is 0.188. The molecule has 0 spiro atoms. The van der Waals surface area contributed by atoms with Gasteiger partial charge < -0.3 is 4.74 Å². The van der Waals surface area contributed by atoms with Crippen molar-refractivity contribution in [2.45, 2.75) is 0 Å². The monoisotopic (exact) mass is 174 g/mol. The van der Waals surface area contributed by atoms with Gasteiger partial charge in [0.05, 0.1) is 5.52 Å². The molecule has 0 atom stereocenters. The van der Waals surface area contributed by atoms with E-state index < -0.39 is 0 Å². The number of hydrogen-bond donors (Lipinski definition) is 1. The fraction of sp³-hybridized carbons (Fsp3) is 0.100. The molecule has 0 radical (unpaired) electrons. The van der Waals surface area contributed by atoms with Crippen molar-refractivity contribution >= 4 is 10.9 Å². The second kappa shape index (κ2) is 3.41. The zero-order chi connectivity index (χ0) is 9.10. The molecule has 0 saturated carbocycles. The van der Waals surface area contributed by atoms with Crippen LogP contribution in [0, 0.1) is 0 Å². The molecule has 3 heteroatoms. The van der Waals surface area contributed by atoms with Crippen molar-refractivity contribution in [3.8, 4) is 5.75 Å². The Morgan fingerprint density at radius 1 is 1.23 bits per heavy atom. The van der Waals surface area contributed by atoms with Gasteiger partial charge in [-0.05, 0) is 18.2 Å². The van der Waals surface area contributed by atoms with Gasteiger partial charge in [-0.15, -0.1) is 0 Å². The number of fused-ring (bicyclic) bond motifs is 1. The largest absolute Gasteiger partial charge is 0.478 e. The fourth-order valence-corrected chi connectivity index (χ4v) is 1.29. The molecular formula is C10H10N2O. The van der Waals surface area contributed by atoms with E-state index in [1.807, 2.05) is 30.3 Å². The van der Waals surface area contributed by atoms with Crippen LogP contribution in [0.1, 0.15) is 0 Å². The lowest BCUT2D eigenvalue weighted by Gasteiger charge is -2.05. The summed E-state index contributed by atoms with van der Waals surface area (Å²) >= 11 is 0. The van der Waals surface area contributed by atoms with Crippen molar-refractivity contribution in [3.63, 3.8) is 0 Å². The third-order valence-electron chi connectivity index (χ3n) is 1.85. The summed E-state index contributed by atoms with van der Waals surface area (Å²) in [7, 11) is 0. The maximum atomic E-state index is 5.31. The van der Waals surface area contributed by atoms with Crippen LogP contribution >= 0.6 is 0 Å². The number of para-hydroxylation sites is 1. The highest BCUT2D eigenvalue weighted by molar-refractivity contribution is 5.84. The van der Waals surface area contributed by atoms with Crippen LogP contribution in [0.2, 0.25) is 0 Å². The Hall–Kier alpha value is -1.61. The van der Waals surface area contributed by atoms with Crippen molar-refractivity contribution < 1.29 is 4.74 Å². The Labute approximate surface area is 76.2 Å². The summed E-state index contributed by atoms with van der Waals surface area (Å²) in [5.41, 5.74) is 6.23. The molecule has 0 unspecified atom stereocenters. The predicted molar refractivity (Wildman–Crippen MR) is 51.4 cm³/mol. The topological polar surface area (TPSA) is 48.1 Å². The van der Waals surface area contributed by atoms with Gasteiger partial charge in [0.2, 0.25) is 0 Å². The van der Waals surface area contributed by atoms with Crippen molar-refractivity contribution in [1.29, 1.82) is 0 Å². The molecule has 0 bridgehead atoms. The molecule has 0 saturated heterocycles. The average molecular weight is 174 g/mol. The number of nitrogens with zero attached hydrogens (tertiary/aromatic N) is 1. The summed E-state index contributed by atoms with van der Waals surface area (Å²) in [6, 6.07) is 9.62. The average Bonchev–Trinajstić information content (AvgIpc) is 2.19. The van der Waals surface area contributed by atoms with E-state index in [-0.39, 0.29) is 6.73 Å². The third-order valence-corrected chi connectivity index (χ3v) is 1.85. The molecule has 0 aliphatic heterocycles. The van der Waals surface area contributed by atoms with Crippen LogP contribution in [0.3, 0.4) is 0 Å². The summed E-state index contributed by atoms with van der Waals surface area (Å²) < 4.78 is 5.26. The van der Waals surface area contributed by atoms with Crippen molar-refractivity contribution in [1.82, 2.24) is 4.98 Å². The van der Waals surface area contributed by atoms with E-state index in [0.29, 0.717) is 0 Å². The van der Waals surface area contributed by atoms with Crippen LogP contribution in [0.25, 0.3) is 10.9 Å². The zero-order valence-corrected chi connectivity index (χ0v) is 7.10. The van der Waals surface area contributed by atoms with Gasteiger partial charge in [0.1, 0.15) is 12.5 Å². The minimum absolute atomic E-state index is 0.188. The summed E-state index contributed by atoms with van der Waals surface area (Å²) in [5.74, 6) is 0.785. The van der Waals surface area contributed by atoms with E-state index in [1.54, 1.807) is 6.20 Å². The fourth-order valence-electron chi connectivity index (χ4n) is 1.29. The predicted octanol–water partition coefficient (Wildman–Crippen LogP) is 1.53. The Kier molecular flexibility index (Phi) is 2.10. The second-order valence-electron chi connectivity index (χ2n) is 2.64. The molecule has 13 heavy (non-hydrogen) atoms. The number of nitrogens with two attached hydrogens (primary N) is 1. The maximum absolute atomic E-state index is 5.31. The Bertz CT molecular complexity index is 409. The van der Waals surface area contributed by atoms with Crippen LogP contribution < -0.4 is 10.5 Å².